The second-order valence-electron chi connectivity index (χ2n) is 3.04. The van der Waals surface area contributed by atoms with Crippen molar-refractivity contribution in [3.63, 3.8) is 0 Å². The zero-order valence-corrected chi connectivity index (χ0v) is 6.36. The minimum absolute atomic E-state index is 0.900. The zero-order chi connectivity index (χ0) is 6.27. The highest BCUT2D eigenvalue weighted by Crippen LogP contribution is 2.53. The first kappa shape index (κ1) is 6.05. The van der Waals surface area contributed by atoms with Crippen LogP contribution in [0.15, 0.2) is 0 Å². The summed E-state index contributed by atoms with van der Waals surface area (Å²) in [6, 6.07) is 0. The van der Waals surface area contributed by atoms with E-state index >= 15 is 0 Å². The maximum absolute atomic E-state index is 5.58. The van der Waals surface area contributed by atoms with Gasteiger partial charge in [0.05, 0.1) is 0 Å². The number of thioether (sulfide) groups is 1. The van der Waals surface area contributed by atoms with E-state index in [4.69, 9.17) is 5.73 Å². The Bertz CT molecular complexity index is 96.7. The normalized spacial score (nSPS) is 48.3. The first-order chi connectivity index (χ1) is 4.43. The Labute approximate surface area is 60.4 Å². The summed E-state index contributed by atoms with van der Waals surface area (Å²) < 4.78 is 0. The Morgan fingerprint density at radius 1 is 1.56 bits per heavy atom. The third-order valence-corrected chi connectivity index (χ3v) is 4.13. The molecular formula is C7H13NS. The van der Waals surface area contributed by atoms with Gasteiger partial charge in [0.25, 0.3) is 0 Å². The van der Waals surface area contributed by atoms with Crippen LogP contribution >= 0.6 is 11.8 Å². The minimum Gasteiger partial charge on any atom is -0.330 e. The number of hydrogen-bond donors (Lipinski definition) is 1. The Balaban J connectivity index is 1.91. The van der Waals surface area contributed by atoms with Crippen LogP contribution in [0.5, 0.6) is 0 Å². The molecule has 0 aromatic heterocycles. The highest BCUT2D eigenvalue weighted by atomic mass is 32.2. The predicted octanol–water partition coefficient (Wildman–Crippen LogP) is 1.09. The van der Waals surface area contributed by atoms with Gasteiger partial charge in [0.15, 0.2) is 0 Å². The van der Waals surface area contributed by atoms with Crippen LogP contribution in [0.3, 0.4) is 0 Å². The summed E-state index contributed by atoms with van der Waals surface area (Å²) in [4.78, 5) is 0. The summed E-state index contributed by atoms with van der Waals surface area (Å²) in [6.45, 7) is 0.933. The van der Waals surface area contributed by atoms with Gasteiger partial charge in [-0.1, -0.05) is 0 Å². The van der Waals surface area contributed by atoms with Crippen LogP contribution in [0.2, 0.25) is 0 Å². The Morgan fingerprint density at radius 2 is 2.44 bits per heavy atom. The number of hydrogen-bond acceptors (Lipinski definition) is 2. The highest BCUT2D eigenvalue weighted by Gasteiger charge is 2.50. The first-order valence-electron chi connectivity index (χ1n) is 3.75. The molecule has 2 fully saturated rings. The molecule has 0 amide bonds. The van der Waals surface area contributed by atoms with Crippen molar-refractivity contribution in [2.24, 2.45) is 17.6 Å². The fraction of sp³-hybridized carbons (Fsp3) is 1.00. The van der Waals surface area contributed by atoms with Crippen molar-refractivity contribution in [1.82, 2.24) is 0 Å². The molecule has 1 unspecified atom stereocenters. The maximum atomic E-state index is 5.58. The van der Waals surface area contributed by atoms with Gasteiger partial charge in [-0.25, -0.2) is 0 Å². The van der Waals surface area contributed by atoms with Gasteiger partial charge in [0, 0.05) is 5.25 Å². The standard InChI is InChI=1S/C7H13NS/c8-4-6-5-2-1-3-9-7(5)6/h5-7H,1-4,8H2/t5-,6?,7-/m1/s1. The highest BCUT2D eigenvalue weighted by molar-refractivity contribution is 8.00. The van der Waals surface area contributed by atoms with E-state index in [-0.39, 0.29) is 0 Å². The Morgan fingerprint density at radius 3 is 3.00 bits per heavy atom. The Hall–Kier alpha value is 0.310. The summed E-state index contributed by atoms with van der Waals surface area (Å²) in [5, 5.41) is 0.976. The van der Waals surface area contributed by atoms with E-state index in [1.54, 1.807) is 0 Å². The fourth-order valence-electron chi connectivity index (χ4n) is 1.88. The summed E-state index contributed by atoms with van der Waals surface area (Å²) in [5.41, 5.74) is 5.58. The van der Waals surface area contributed by atoms with Crippen molar-refractivity contribution in [3.05, 3.63) is 0 Å². The largest absolute Gasteiger partial charge is 0.330 e. The second kappa shape index (κ2) is 2.17. The molecule has 2 heteroatoms. The van der Waals surface area contributed by atoms with E-state index in [1.807, 2.05) is 0 Å². The maximum Gasteiger partial charge on any atom is 0.0122 e. The molecule has 1 heterocycles. The lowest BCUT2D eigenvalue weighted by molar-refractivity contribution is 0.638. The number of fused-ring (bicyclic) bond motifs is 1. The molecule has 9 heavy (non-hydrogen) atoms. The first-order valence-corrected chi connectivity index (χ1v) is 4.80. The molecule has 0 aromatic carbocycles. The number of rotatable bonds is 1. The van der Waals surface area contributed by atoms with Gasteiger partial charge in [0.2, 0.25) is 0 Å². The molecule has 0 spiro atoms. The van der Waals surface area contributed by atoms with E-state index < -0.39 is 0 Å². The molecule has 1 nitrogen and oxygen atoms in total. The molecule has 52 valence electrons. The SMILES string of the molecule is NCC1[C@H]2CCCS[C@@H]12. The molecule has 3 atom stereocenters. The molecular weight excluding hydrogens is 130 g/mol. The van der Waals surface area contributed by atoms with E-state index in [0.717, 1.165) is 23.6 Å². The molecule has 0 bridgehead atoms. The van der Waals surface area contributed by atoms with Crippen molar-refractivity contribution < 1.29 is 0 Å². The lowest BCUT2D eigenvalue weighted by atomic mass is 10.2. The molecule has 2 rings (SSSR count). The molecule has 1 saturated heterocycles. The molecule has 1 aliphatic heterocycles. The van der Waals surface area contributed by atoms with Crippen LogP contribution in [0.4, 0.5) is 0 Å². The molecule has 2 aliphatic rings. The van der Waals surface area contributed by atoms with Crippen molar-refractivity contribution in [3.8, 4) is 0 Å². The molecule has 2 N–H and O–H groups in total. The van der Waals surface area contributed by atoms with Gasteiger partial charge in [-0.3, -0.25) is 0 Å². The van der Waals surface area contributed by atoms with E-state index in [9.17, 15) is 0 Å². The van der Waals surface area contributed by atoms with Crippen molar-refractivity contribution in [1.29, 1.82) is 0 Å². The van der Waals surface area contributed by atoms with Crippen molar-refractivity contribution in [2.75, 3.05) is 12.3 Å². The van der Waals surface area contributed by atoms with Crippen molar-refractivity contribution >= 4 is 11.8 Å². The molecule has 0 aromatic rings. The van der Waals surface area contributed by atoms with Gasteiger partial charge < -0.3 is 5.73 Å². The van der Waals surface area contributed by atoms with Gasteiger partial charge in [-0.2, -0.15) is 11.8 Å². The second-order valence-corrected chi connectivity index (χ2v) is 4.33. The average molecular weight is 143 g/mol. The van der Waals surface area contributed by atoms with Gasteiger partial charge in [-0.05, 0) is 37.0 Å². The molecule has 1 saturated carbocycles. The topological polar surface area (TPSA) is 26.0 Å². The molecule has 0 radical (unpaired) electrons. The third-order valence-electron chi connectivity index (χ3n) is 2.52. The van der Waals surface area contributed by atoms with Crippen molar-refractivity contribution in [2.45, 2.75) is 18.1 Å². The Kier molecular flexibility index (Phi) is 1.46. The predicted molar refractivity (Wildman–Crippen MR) is 41.5 cm³/mol. The summed E-state index contributed by atoms with van der Waals surface area (Å²) in [5.74, 6) is 3.31. The quantitative estimate of drug-likeness (QED) is 0.594. The monoisotopic (exact) mass is 143 g/mol. The minimum atomic E-state index is 0.900. The van der Waals surface area contributed by atoms with E-state index in [1.165, 1.54) is 18.6 Å². The summed E-state index contributed by atoms with van der Waals surface area (Å²) >= 11 is 2.14. The lowest BCUT2D eigenvalue weighted by Gasteiger charge is -2.04. The smallest absolute Gasteiger partial charge is 0.0122 e. The van der Waals surface area contributed by atoms with Crippen LogP contribution in [0, 0.1) is 11.8 Å². The van der Waals surface area contributed by atoms with E-state index in [2.05, 4.69) is 11.8 Å². The number of nitrogens with two attached hydrogens (primary N) is 1. The van der Waals surface area contributed by atoms with Crippen LogP contribution in [-0.4, -0.2) is 17.5 Å². The lowest BCUT2D eigenvalue weighted by Crippen LogP contribution is -2.03. The summed E-state index contributed by atoms with van der Waals surface area (Å²) in [6.07, 6.45) is 2.89. The third kappa shape index (κ3) is 0.887. The van der Waals surface area contributed by atoms with E-state index in [0.29, 0.717) is 0 Å². The van der Waals surface area contributed by atoms with Crippen LogP contribution in [-0.2, 0) is 0 Å². The van der Waals surface area contributed by atoms with Gasteiger partial charge in [-0.15, -0.1) is 0 Å². The summed E-state index contributed by atoms with van der Waals surface area (Å²) in [7, 11) is 0. The fourth-order valence-corrected chi connectivity index (χ4v) is 3.54. The zero-order valence-electron chi connectivity index (χ0n) is 5.55. The average Bonchev–Trinajstić information content (AvgIpc) is 2.60. The van der Waals surface area contributed by atoms with Crippen LogP contribution in [0.25, 0.3) is 0 Å². The van der Waals surface area contributed by atoms with Gasteiger partial charge >= 0.3 is 0 Å². The molecule has 1 aliphatic carbocycles. The van der Waals surface area contributed by atoms with Crippen LogP contribution < -0.4 is 5.73 Å². The van der Waals surface area contributed by atoms with Crippen LogP contribution in [0.1, 0.15) is 12.8 Å². The van der Waals surface area contributed by atoms with Gasteiger partial charge in [0.1, 0.15) is 0 Å².